The number of methoxy groups -OCH3 is 1. The van der Waals surface area contributed by atoms with Gasteiger partial charge in [0.15, 0.2) is 5.17 Å². The first-order valence-electron chi connectivity index (χ1n) is 7.37. The highest BCUT2D eigenvalue weighted by molar-refractivity contribution is 8.14. The molecule has 0 spiro atoms. The second kappa shape index (κ2) is 7.65. The normalized spacial score (nSPS) is 18.0. The van der Waals surface area contributed by atoms with Gasteiger partial charge in [0.05, 0.1) is 18.4 Å². The third-order valence-electron chi connectivity index (χ3n) is 3.57. The van der Waals surface area contributed by atoms with Crippen molar-refractivity contribution in [1.82, 2.24) is 9.99 Å². The Bertz CT molecular complexity index is 604. The van der Waals surface area contributed by atoms with Gasteiger partial charge in [0, 0.05) is 36.4 Å². The molecule has 2 rings (SSSR count). The molecule has 120 valence electrons. The molecule has 1 aromatic rings. The maximum atomic E-state index is 5.10. The minimum Gasteiger partial charge on any atom is -0.382 e. The fourth-order valence-electron chi connectivity index (χ4n) is 2.50. The van der Waals surface area contributed by atoms with E-state index in [4.69, 9.17) is 4.74 Å². The average molecular weight is 320 g/mol. The fourth-order valence-corrected chi connectivity index (χ4v) is 3.36. The molecule has 5 nitrogen and oxygen atoms in total. The van der Waals surface area contributed by atoms with Crippen molar-refractivity contribution in [2.24, 2.45) is 10.1 Å². The minimum absolute atomic E-state index is 0.134. The molecule has 1 aromatic heterocycles. The smallest absolute Gasteiger partial charge is 0.177 e. The monoisotopic (exact) mass is 320 g/mol. The summed E-state index contributed by atoms with van der Waals surface area (Å²) in [7, 11) is 1.69. The van der Waals surface area contributed by atoms with Gasteiger partial charge in [0.2, 0.25) is 0 Å². The summed E-state index contributed by atoms with van der Waals surface area (Å²) >= 11 is 1.68. The topological polar surface area (TPSA) is 50.9 Å². The molecule has 1 aliphatic heterocycles. The molecular weight excluding hydrogens is 296 g/mol. The first-order chi connectivity index (χ1) is 10.6. The lowest BCUT2D eigenvalue weighted by atomic mass is 10.1. The van der Waals surface area contributed by atoms with E-state index >= 15 is 0 Å². The highest BCUT2D eigenvalue weighted by Gasteiger charge is 2.18. The second-order valence-corrected chi connectivity index (χ2v) is 6.35. The predicted octanol–water partition coefficient (Wildman–Crippen LogP) is 2.72. The van der Waals surface area contributed by atoms with E-state index in [2.05, 4.69) is 46.6 Å². The van der Waals surface area contributed by atoms with Gasteiger partial charge in [0.1, 0.15) is 0 Å². The van der Waals surface area contributed by atoms with Crippen molar-refractivity contribution in [3.63, 3.8) is 0 Å². The maximum Gasteiger partial charge on any atom is 0.177 e. The van der Waals surface area contributed by atoms with Gasteiger partial charge >= 0.3 is 0 Å². The van der Waals surface area contributed by atoms with Crippen LogP contribution in [0.3, 0.4) is 0 Å². The minimum atomic E-state index is 0.134. The van der Waals surface area contributed by atoms with Crippen LogP contribution in [-0.4, -0.2) is 41.0 Å². The molecule has 0 fully saturated rings. The molecule has 1 N–H and O–H groups in total. The highest BCUT2D eigenvalue weighted by Crippen LogP contribution is 2.20. The molecule has 0 bridgehead atoms. The van der Waals surface area contributed by atoms with Gasteiger partial charge in [-0.2, -0.15) is 5.10 Å². The molecule has 0 saturated carbocycles. The number of aromatic nitrogens is 1. The molecule has 1 atom stereocenters. The zero-order valence-electron chi connectivity index (χ0n) is 13.7. The zero-order chi connectivity index (χ0) is 16.1. The van der Waals surface area contributed by atoms with E-state index in [0.29, 0.717) is 6.61 Å². The maximum absolute atomic E-state index is 5.10. The zero-order valence-corrected chi connectivity index (χ0v) is 14.5. The number of amidine groups is 1. The molecule has 1 aliphatic rings. The third kappa shape index (κ3) is 3.81. The average Bonchev–Trinajstić information content (AvgIpc) is 2.77. The lowest BCUT2D eigenvalue weighted by molar-refractivity contribution is 0.186. The molecule has 22 heavy (non-hydrogen) atoms. The SMILES string of the molecule is C=CCn1c(C)cc(C2=NNC(=NC(C)COC)SC2)c1C. The lowest BCUT2D eigenvalue weighted by Gasteiger charge is -2.16. The number of aryl methyl sites for hydroxylation is 1. The van der Waals surface area contributed by atoms with Gasteiger partial charge in [0.25, 0.3) is 0 Å². The van der Waals surface area contributed by atoms with Crippen LogP contribution in [0.25, 0.3) is 0 Å². The van der Waals surface area contributed by atoms with Gasteiger partial charge in [-0.25, -0.2) is 0 Å². The molecule has 1 unspecified atom stereocenters. The molecule has 0 saturated heterocycles. The molecule has 0 aliphatic carbocycles. The fraction of sp³-hybridized carbons (Fsp3) is 0.500. The van der Waals surface area contributed by atoms with Crippen LogP contribution in [-0.2, 0) is 11.3 Å². The predicted molar refractivity (Wildman–Crippen MR) is 95.0 cm³/mol. The van der Waals surface area contributed by atoms with Crippen LogP contribution in [0.1, 0.15) is 23.9 Å². The van der Waals surface area contributed by atoms with E-state index in [1.165, 1.54) is 17.0 Å². The molecule has 2 heterocycles. The van der Waals surface area contributed by atoms with Gasteiger partial charge in [-0.15, -0.1) is 6.58 Å². The van der Waals surface area contributed by atoms with Crippen molar-refractivity contribution in [3.8, 4) is 0 Å². The van der Waals surface area contributed by atoms with Gasteiger partial charge in [-0.1, -0.05) is 17.8 Å². The number of thioether (sulfide) groups is 1. The standard InChI is InChI=1S/C16H24N4OS/c1-6-7-20-12(3)8-14(13(20)4)15-10-22-16(19-18-15)17-11(2)9-21-5/h6,8,11H,1,7,9-10H2,2-5H3,(H,17,19). The summed E-state index contributed by atoms with van der Waals surface area (Å²) < 4.78 is 7.35. The largest absolute Gasteiger partial charge is 0.382 e. The Balaban J connectivity index is 2.14. The Kier molecular flexibility index (Phi) is 5.85. The third-order valence-corrected chi connectivity index (χ3v) is 4.46. The first-order valence-corrected chi connectivity index (χ1v) is 8.35. The number of hydrogen-bond donors (Lipinski definition) is 1. The number of ether oxygens (including phenoxy) is 1. The Hall–Kier alpha value is -1.53. The lowest BCUT2D eigenvalue weighted by Crippen LogP contribution is -2.27. The van der Waals surface area contributed by atoms with Crippen molar-refractivity contribution in [2.75, 3.05) is 19.5 Å². The first kappa shape index (κ1) is 16.8. The van der Waals surface area contributed by atoms with E-state index in [9.17, 15) is 0 Å². The molecule has 0 aromatic carbocycles. The van der Waals surface area contributed by atoms with Gasteiger partial charge in [-0.3, -0.25) is 10.4 Å². The van der Waals surface area contributed by atoms with Crippen molar-refractivity contribution in [2.45, 2.75) is 33.4 Å². The summed E-state index contributed by atoms with van der Waals surface area (Å²) in [4.78, 5) is 4.55. The second-order valence-electron chi connectivity index (χ2n) is 5.38. The summed E-state index contributed by atoms with van der Waals surface area (Å²) in [5, 5.41) is 5.36. The van der Waals surface area contributed by atoms with Crippen LogP contribution in [0.4, 0.5) is 0 Å². The van der Waals surface area contributed by atoms with E-state index < -0.39 is 0 Å². The van der Waals surface area contributed by atoms with Crippen LogP contribution >= 0.6 is 11.8 Å². The van der Waals surface area contributed by atoms with Crippen molar-refractivity contribution in [1.29, 1.82) is 0 Å². The van der Waals surface area contributed by atoms with E-state index in [1.807, 2.05) is 13.0 Å². The van der Waals surface area contributed by atoms with Crippen LogP contribution in [0.2, 0.25) is 0 Å². The van der Waals surface area contributed by atoms with Crippen LogP contribution in [0.15, 0.2) is 28.8 Å². The Morgan fingerprint density at radius 2 is 2.36 bits per heavy atom. The van der Waals surface area contributed by atoms with Gasteiger partial charge < -0.3 is 9.30 Å². The molecule has 0 radical (unpaired) electrons. The van der Waals surface area contributed by atoms with Crippen LogP contribution in [0, 0.1) is 13.8 Å². The van der Waals surface area contributed by atoms with Crippen molar-refractivity contribution < 1.29 is 4.74 Å². The molecule has 0 amide bonds. The Morgan fingerprint density at radius 1 is 1.59 bits per heavy atom. The van der Waals surface area contributed by atoms with E-state index in [-0.39, 0.29) is 6.04 Å². The summed E-state index contributed by atoms with van der Waals surface area (Å²) in [6.07, 6.45) is 1.92. The highest BCUT2D eigenvalue weighted by atomic mass is 32.2. The Morgan fingerprint density at radius 3 is 2.95 bits per heavy atom. The van der Waals surface area contributed by atoms with Crippen molar-refractivity contribution >= 4 is 22.6 Å². The summed E-state index contributed by atoms with van der Waals surface area (Å²) in [6, 6.07) is 2.32. The van der Waals surface area contributed by atoms with E-state index in [0.717, 1.165) is 23.2 Å². The summed E-state index contributed by atoms with van der Waals surface area (Å²) in [5.74, 6) is 0.823. The number of rotatable bonds is 6. The number of nitrogens with one attached hydrogen (secondary N) is 1. The number of hydrazone groups is 1. The number of allylic oxidation sites excluding steroid dienone is 1. The number of hydrogen-bond acceptors (Lipinski definition) is 4. The number of aliphatic imine (C=N–C) groups is 1. The van der Waals surface area contributed by atoms with Crippen molar-refractivity contribution in [3.05, 3.63) is 35.7 Å². The van der Waals surface area contributed by atoms with Gasteiger partial charge in [-0.05, 0) is 26.8 Å². The quantitative estimate of drug-likeness (QED) is 0.820. The summed E-state index contributed by atoms with van der Waals surface area (Å²) in [6.45, 7) is 11.5. The Labute approximate surface area is 136 Å². The van der Waals surface area contributed by atoms with Crippen LogP contribution in [0.5, 0.6) is 0 Å². The molecule has 6 heteroatoms. The van der Waals surface area contributed by atoms with Crippen LogP contribution < -0.4 is 5.43 Å². The summed E-state index contributed by atoms with van der Waals surface area (Å²) in [5.41, 5.74) is 7.78. The van der Waals surface area contributed by atoms with E-state index in [1.54, 1.807) is 18.9 Å². The number of nitrogens with zero attached hydrogens (tertiary/aromatic N) is 3. The molecular formula is C16H24N4OS.